The topological polar surface area (TPSA) is 43.2 Å². The van der Waals surface area contributed by atoms with Gasteiger partial charge in [-0.25, -0.2) is 9.37 Å². The second-order valence-electron chi connectivity index (χ2n) is 5.80. The fourth-order valence-corrected chi connectivity index (χ4v) is 3.03. The zero-order chi connectivity index (χ0) is 16.2. The van der Waals surface area contributed by atoms with Gasteiger partial charge in [-0.05, 0) is 49.2 Å². The van der Waals surface area contributed by atoms with Gasteiger partial charge in [-0.3, -0.25) is 0 Å². The molecule has 0 spiro atoms. The zero-order valence-electron chi connectivity index (χ0n) is 13.1. The lowest BCUT2D eigenvalue weighted by molar-refractivity contribution is 0.480. The normalized spacial score (nSPS) is 15.3. The van der Waals surface area contributed by atoms with Crippen LogP contribution in [0.3, 0.4) is 0 Å². The summed E-state index contributed by atoms with van der Waals surface area (Å²) in [6.45, 7) is 1.86. The van der Waals surface area contributed by atoms with E-state index in [0.29, 0.717) is 11.7 Å². The minimum atomic E-state index is -0.202. The summed E-state index contributed by atoms with van der Waals surface area (Å²) >= 11 is 0. The second kappa shape index (κ2) is 6.66. The first-order chi connectivity index (χ1) is 11.2. The zero-order valence-corrected chi connectivity index (χ0v) is 13.1. The first kappa shape index (κ1) is 15.3. The molecule has 0 unspecified atom stereocenters. The third-order valence-electron chi connectivity index (χ3n) is 4.41. The lowest BCUT2D eigenvalue weighted by Gasteiger charge is -2.38. The fourth-order valence-electron chi connectivity index (χ4n) is 3.03. The van der Waals surface area contributed by atoms with E-state index in [1.165, 1.54) is 12.1 Å². The number of halogens is 1. The van der Waals surface area contributed by atoms with Crippen LogP contribution in [0.5, 0.6) is 0 Å². The third-order valence-corrected chi connectivity index (χ3v) is 4.41. The Morgan fingerprint density at radius 3 is 2.52 bits per heavy atom. The molecule has 1 aliphatic heterocycles. The minimum Gasteiger partial charge on any atom is -0.371 e. The largest absolute Gasteiger partial charge is 0.371 e. The van der Waals surface area contributed by atoms with E-state index in [9.17, 15) is 4.39 Å². The fraction of sp³-hybridized carbons (Fsp3) is 0.333. The number of nitrogens with zero attached hydrogens (tertiary/aromatic N) is 4. The van der Waals surface area contributed by atoms with Crippen LogP contribution in [-0.4, -0.2) is 31.2 Å². The number of anilines is 2. The van der Waals surface area contributed by atoms with Crippen LogP contribution < -0.4 is 9.80 Å². The van der Waals surface area contributed by atoms with Crippen LogP contribution in [-0.2, 0) is 0 Å². The summed E-state index contributed by atoms with van der Waals surface area (Å²) in [6, 6.07) is 14.7. The quantitative estimate of drug-likeness (QED) is 0.873. The number of benzene rings is 1. The Hall–Kier alpha value is -2.61. The predicted molar refractivity (Wildman–Crippen MR) is 89.0 cm³/mol. The molecule has 23 heavy (non-hydrogen) atoms. The summed E-state index contributed by atoms with van der Waals surface area (Å²) < 4.78 is 13.0. The van der Waals surface area contributed by atoms with Crippen LogP contribution in [0.15, 0.2) is 42.5 Å². The van der Waals surface area contributed by atoms with Crippen molar-refractivity contribution in [3.8, 4) is 6.07 Å². The van der Waals surface area contributed by atoms with E-state index < -0.39 is 0 Å². The third kappa shape index (κ3) is 3.42. The van der Waals surface area contributed by atoms with Gasteiger partial charge in [-0.15, -0.1) is 0 Å². The van der Waals surface area contributed by atoms with Crippen molar-refractivity contribution >= 4 is 11.5 Å². The first-order valence-electron chi connectivity index (χ1n) is 7.78. The molecule has 0 atom stereocenters. The van der Waals surface area contributed by atoms with E-state index in [1.807, 2.05) is 31.3 Å². The van der Waals surface area contributed by atoms with Crippen molar-refractivity contribution in [3.63, 3.8) is 0 Å². The maximum atomic E-state index is 13.0. The molecule has 5 heteroatoms. The number of nitriles is 1. The molecule has 2 aromatic rings. The Kier molecular flexibility index (Phi) is 4.42. The molecule has 1 aromatic carbocycles. The van der Waals surface area contributed by atoms with Crippen LogP contribution in [0.25, 0.3) is 0 Å². The Morgan fingerprint density at radius 2 is 1.87 bits per heavy atom. The van der Waals surface area contributed by atoms with Gasteiger partial charge in [-0.2, -0.15) is 5.26 Å². The van der Waals surface area contributed by atoms with Gasteiger partial charge in [0.25, 0.3) is 0 Å². The van der Waals surface area contributed by atoms with Gasteiger partial charge in [0.05, 0.1) is 0 Å². The summed E-state index contributed by atoms with van der Waals surface area (Å²) in [5, 5.41) is 8.97. The standard InChI is InChI=1S/C18H19FN4/c1-22(18-4-2-3-15(13-20)21-18)16-9-11-23(12-10-16)17-7-5-14(19)6-8-17/h2-8,16H,9-12H2,1H3. The van der Waals surface area contributed by atoms with Gasteiger partial charge in [-0.1, -0.05) is 6.07 Å². The molecule has 0 amide bonds. The molecular formula is C18H19FN4. The Balaban J connectivity index is 1.64. The highest BCUT2D eigenvalue weighted by Gasteiger charge is 2.23. The van der Waals surface area contributed by atoms with Crippen LogP contribution in [0.1, 0.15) is 18.5 Å². The molecule has 0 saturated carbocycles. The van der Waals surface area contributed by atoms with Gasteiger partial charge in [0.15, 0.2) is 0 Å². The molecule has 3 rings (SSSR count). The van der Waals surface area contributed by atoms with Gasteiger partial charge in [0.1, 0.15) is 23.4 Å². The van der Waals surface area contributed by atoms with Crippen LogP contribution >= 0.6 is 0 Å². The SMILES string of the molecule is CN(c1cccc(C#N)n1)C1CCN(c2ccc(F)cc2)CC1. The van der Waals surface area contributed by atoms with E-state index in [4.69, 9.17) is 5.26 Å². The smallest absolute Gasteiger partial charge is 0.142 e. The van der Waals surface area contributed by atoms with Crippen molar-refractivity contribution < 1.29 is 4.39 Å². The van der Waals surface area contributed by atoms with Crippen molar-refractivity contribution in [3.05, 3.63) is 54.0 Å². The summed E-state index contributed by atoms with van der Waals surface area (Å²) in [6.07, 6.45) is 2.01. The average Bonchev–Trinajstić information content (AvgIpc) is 2.62. The van der Waals surface area contributed by atoms with Gasteiger partial charge >= 0.3 is 0 Å². The number of hydrogen-bond donors (Lipinski definition) is 0. The highest BCUT2D eigenvalue weighted by molar-refractivity contribution is 5.47. The summed E-state index contributed by atoms with van der Waals surface area (Å²) in [5.41, 5.74) is 1.51. The van der Waals surface area contributed by atoms with Crippen molar-refractivity contribution in [1.29, 1.82) is 5.26 Å². The number of hydrogen-bond acceptors (Lipinski definition) is 4. The molecule has 0 bridgehead atoms. The molecule has 0 aliphatic carbocycles. The van der Waals surface area contributed by atoms with E-state index in [1.54, 1.807) is 6.07 Å². The Bertz CT molecular complexity index is 700. The maximum Gasteiger partial charge on any atom is 0.142 e. The molecule has 1 fully saturated rings. The van der Waals surface area contributed by atoms with Gasteiger partial charge < -0.3 is 9.80 Å². The molecular weight excluding hydrogens is 291 g/mol. The van der Waals surface area contributed by atoms with E-state index in [2.05, 4.69) is 20.9 Å². The summed E-state index contributed by atoms with van der Waals surface area (Å²) in [7, 11) is 2.03. The Morgan fingerprint density at radius 1 is 1.17 bits per heavy atom. The highest BCUT2D eigenvalue weighted by atomic mass is 19.1. The first-order valence-corrected chi connectivity index (χ1v) is 7.78. The van der Waals surface area contributed by atoms with E-state index in [0.717, 1.165) is 37.4 Å². The minimum absolute atomic E-state index is 0.202. The van der Waals surface area contributed by atoms with Crippen molar-refractivity contribution in [2.75, 3.05) is 29.9 Å². The second-order valence-corrected chi connectivity index (χ2v) is 5.80. The summed E-state index contributed by atoms with van der Waals surface area (Å²) in [5.74, 6) is 0.635. The summed E-state index contributed by atoms with van der Waals surface area (Å²) in [4.78, 5) is 8.80. The number of rotatable bonds is 3. The lowest BCUT2D eigenvalue weighted by atomic mass is 10.0. The molecule has 1 aromatic heterocycles. The maximum absolute atomic E-state index is 13.0. The predicted octanol–water partition coefficient (Wildman–Crippen LogP) is 3.20. The van der Waals surface area contributed by atoms with Crippen LogP contribution in [0.4, 0.5) is 15.9 Å². The lowest BCUT2D eigenvalue weighted by Crippen LogP contribution is -2.43. The van der Waals surface area contributed by atoms with Crippen LogP contribution in [0.2, 0.25) is 0 Å². The van der Waals surface area contributed by atoms with Crippen molar-refractivity contribution in [2.45, 2.75) is 18.9 Å². The van der Waals surface area contributed by atoms with Gasteiger partial charge in [0.2, 0.25) is 0 Å². The molecule has 2 heterocycles. The molecule has 0 radical (unpaired) electrons. The van der Waals surface area contributed by atoms with E-state index >= 15 is 0 Å². The molecule has 4 nitrogen and oxygen atoms in total. The van der Waals surface area contributed by atoms with E-state index in [-0.39, 0.29) is 5.82 Å². The molecule has 0 N–H and O–H groups in total. The average molecular weight is 310 g/mol. The number of piperidine rings is 1. The molecule has 1 aliphatic rings. The van der Waals surface area contributed by atoms with Crippen molar-refractivity contribution in [2.24, 2.45) is 0 Å². The van der Waals surface area contributed by atoms with Gasteiger partial charge in [0, 0.05) is 31.9 Å². The number of aromatic nitrogens is 1. The van der Waals surface area contributed by atoms with Crippen LogP contribution in [0, 0.1) is 17.1 Å². The van der Waals surface area contributed by atoms with Crippen molar-refractivity contribution in [1.82, 2.24) is 4.98 Å². The molecule has 1 saturated heterocycles. The number of pyridine rings is 1. The Labute approximate surface area is 135 Å². The highest BCUT2D eigenvalue weighted by Crippen LogP contribution is 2.24. The molecule has 118 valence electrons. The monoisotopic (exact) mass is 310 g/mol.